The molecule has 0 aliphatic carbocycles. The van der Waals surface area contributed by atoms with Crippen LogP contribution < -0.4 is 4.90 Å². The second kappa shape index (κ2) is 4.92. The van der Waals surface area contributed by atoms with Gasteiger partial charge in [-0.05, 0) is 27.8 Å². The lowest BCUT2D eigenvalue weighted by molar-refractivity contribution is 0.202. The molecule has 2 rings (SSSR count). The normalized spacial score (nSPS) is 24.1. The van der Waals surface area contributed by atoms with Gasteiger partial charge in [0.25, 0.3) is 0 Å². The summed E-state index contributed by atoms with van der Waals surface area (Å²) in [6, 6.07) is 0.487. The third-order valence-corrected chi connectivity index (χ3v) is 4.64. The number of rotatable bonds is 2. The van der Waals surface area contributed by atoms with Crippen LogP contribution in [0.1, 0.15) is 30.5 Å². The number of likely N-dealkylation sites (N-methyl/N-ethyl adjacent to an activating group) is 1. The van der Waals surface area contributed by atoms with Crippen LogP contribution in [-0.2, 0) is 0 Å². The molecule has 0 saturated carbocycles. The molecule has 0 bridgehead atoms. The molecule has 1 aromatic rings. The van der Waals surface area contributed by atoms with Gasteiger partial charge in [-0.3, -0.25) is 0 Å². The van der Waals surface area contributed by atoms with E-state index in [9.17, 15) is 5.11 Å². The van der Waals surface area contributed by atoms with Crippen LogP contribution in [0.5, 0.6) is 0 Å². The molecule has 1 aromatic heterocycles. The largest absolute Gasteiger partial charge is 0.388 e. The summed E-state index contributed by atoms with van der Waals surface area (Å²) in [5.41, 5.74) is 0.964. The summed E-state index contributed by atoms with van der Waals surface area (Å²) in [5, 5.41) is 10.7. The van der Waals surface area contributed by atoms with Gasteiger partial charge < -0.3 is 14.9 Å². The molecule has 0 radical (unpaired) electrons. The Balaban J connectivity index is 2.19. The quantitative estimate of drug-likeness (QED) is 0.872. The molecule has 0 amide bonds. The first-order chi connectivity index (χ1) is 7.99. The lowest BCUT2D eigenvalue weighted by atomic mass is 10.2. The highest BCUT2D eigenvalue weighted by Crippen LogP contribution is 2.32. The Bertz CT molecular complexity index is 391. The Kier molecular flexibility index (Phi) is 3.70. The number of aliphatic hydroxyl groups is 1. The van der Waals surface area contributed by atoms with Crippen LogP contribution in [0.25, 0.3) is 0 Å². The second-order valence-corrected chi connectivity index (χ2v) is 5.94. The molecule has 96 valence electrons. The molecule has 2 atom stereocenters. The van der Waals surface area contributed by atoms with E-state index in [0.29, 0.717) is 6.04 Å². The summed E-state index contributed by atoms with van der Waals surface area (Å²) in [6.45, 7) is 9.18. The van der Waals surface area contributed by atoms with Crippen molar-refractivity contribution < 1.29 is 5.11 Å². The van der Waals surface area contributed by atoms with Crippen LogP contribution in [0.4, 0.5) is 5.13 Å². The molecule has 0 aromatic carbocycles. The lowest BCUT2D eigenvalue weighted by Crippen LogP contribution is -2.50. The number of hydrogen-bond donors (Lipinski definition) is 1. The van der Waals surface area contributed by atoms with Crippen molar-refractivity contribution >= 4 is 16.5 Å². The van der Waals surface area contributed by atoms with Crippen molar-refractivity contribution in [2.45, 2.75) is 32.9 Å². The molecule has 0 spiro atoms. The SMILES string of the molecule is Cc1nc(N2CCN(C)CC2C)sc1C(C)O. The van der Waals surface area contributed by atoms with Crippen molar-refractivity contribution in [1.82, 2.24) is 9.88 Å². The fourth-order valence-corrected chi connectivity index (χ4v) is 3.46. The van der Waals surface area contributed by atoms with E-state index >= 15 is 0 Å². The van der Waals surface area contributed by atoms with Crippen LogP contribution in [-0.4, -0.2) is 47.7 Å². The van der Waals surface area contributed by atoms with Crippen LogP contribution in [0.2, 0.25) is 0 Å². The highest BCUT2D eigenvalue weighted by atomic mass is 32.1. The minimum Gasteiger partial charge on any atom is -0.388 e. The standard InChI is InChI=1S/C12H21N3OS/c1-8-7-14(4)5-6-15(8)12-13-9(2)11(17-12)10(3)16/h8,10,16H,5-7H2,1-4H3. The number of aliphatic hydroxyl groups excluding tert-OH is 1. The van der Waals surface area contributed by atoms with Gasteiger partial charge in [-0.25, -0.2) is 4.98 Å². The number of anilines is 1. The number of nitrogens with zero attached hydrogens (tertiary/aromatic N) is 3. The van der Waals surface area contributed by atoms with Gasteiger partial charge in [0.15, 0.2) is 5.13 Å². The van der Waals surface area contributed by atoms with Crippen molar-refractivity contribution in [3.05, 3.63) is 10.6 Å². The predicted molar refractivity (Wildman–Crippen MR) is 71.8 cm³/mol. The lowest BCUT2D eigenvalue weighted by Gasteiger charge is -2.38. The predicted octanol–water partition coefficient (Wildman–Crippen LogP) is 1.65. The number of thiazole rings is 1. The minimum atomic E-state index is -0.413. The number of hydrogen-bond acceptors (Lipinski definition) is 5. The van der Waals surface area contributed by atoms with E-state index in [1.165, 1.54) is 0 Å². The Morgan fingerprint density at radius 1 is 1.47 bits per heavy atom. The first-order valence-corrected chi connectivity index (χ1v) is 6.91. The Hall–Kier alpha value is -0.650. The second-order valence-electron chi connectivity index (χ2n) is 4.93. The monoisotopic (exact) mass is 255 g/mol. The zero-order valence-corrected chi connectivity index (χ0v) is 11.8. The maximum Gasteiger partial charge on any atom is 0.186 e. The van der Waals surface area contributed by atoms with E-state index in [1.807, 2.05) is 6.92 Å². The number of aromatic nitrogens is 1. The third kappa shape index (κ3) is 2.61. The molecular formula is C12H21N3OS. The van der Waals surface area contributed by atoms with Crippen LogP contribution in [0.3, 0.4) is 0 Å². The molecule has 5 heteroatoms. The van der Waals surface area contributed by atoms with Crippen LogP contribution in [0, 0.1) is 6.92 Å². The minimum absolute atomic E-state index is 0.413. The van der Waals surface area contributed by atoms with Gasteiger partial charge in [0.05, 0.1) is 16.7 Å². The molecular weight excluding hydrogens is 234 g/mol. The van der Waals surface area contributed by atoms with Crippen molar-refractivity contribution in [1.29, 1.82) is 0 Å². The Labute approximate surface area is 107 Å². The fourth-order valence-electron chi connectivity index (χ4n) is 2.33. The Morgan fingerprint density at radius 2 is 2.18 bits per heavy atom. The zero-order valence-electron chi connectivity index (χ0n) is 11.0. The van der Waals surface area contributed by atoms with Crippen molar-refractivity contribution in [2.24, 2.45) is 0 Å². The van der Waals surface area contributed by atoms with E-state index in [1.54, 1.807) is 18.3 Å². The van der Waals surface area contributed by atoms with Crippen molar-refractivity contribution in [2.75, 3.05) is 31.6 Å². The maximum atomic E-state index is 9.67. The molecule has 17 heavy (non-hydrogen) atoms. The summed E-state index contributed by atoms with van der Waals surface area (Å²) in [4.78, 5) is 10.3. The van der Waals surface area contributed by atoms with Gasteiger partial charge >= 0.3 is 0 Å². The van der Waals surface area contributed by atoms with E-state index < -0.39 is 6.10 Å². The summed E-state index contributed by atoms with van der Waals surface area (Å²) in [6.07, 6.45) is -0.413. The first kappa shape index (κ1) is 12.8. The molecule has 1 aliphatic heterocycles. The highest BCUT2D eigenvalue weighted by molar-refractivity contribution is 7.15. The molecule has 1 saturated heterocycles. The third-order valence-electron chi connectivity index (χ3n) is 3.28. The van der Waals surface area contributed by atoms with Gasteiger partial charge in [0.2, 0.25) is 0 Å². The topological polar surface area (TPSA) is 39.6 Å². The molecule has 2 unspecified atom stereocenters. The molecule has 1 fully saturated rings. The zero-order chi connectivity index (χ0) is 12.6. The van der Waals surface area contributed by atoms with Gasteiger partial charge in [-0.1, -0.05) is 11.3 Å². The van der Waals surface area contributed by atoms with E-state index in [4.69, 9.17) is 0 Å². The van der Waals surface area contributed by atoms with Gasteiger partial charge in [-0.15, -0.1) is 0 Å². The number of aryl methyl sites for hydroxylation is 1. The summed E-state index contributed by atoms with van der Waals surface area (Å²) >= 11 is 1.63. The molecule has 4 nitrogen and oxygen atoms in total. The Morgan fingerprint density at radius 3 is 2.71 bits per heavy atom. The highest BCUT2D eigenvalue weighted by Gasteiger charge is 2.25. The first-order valence-electron chi connectivity index (χ1n) is 6.09. The van der Waals surface area contributed by atoms with Gasteiger partial charge in [0, 0.05) is 25.7 Å². The van der Waals surface area contributed by atoms with Crippen molar-refractivity contribution in [3.8, 4) is 0 Å². The van der Waals surface area contributed by atoms with E-state index in [-0.39, 0.29) is 0 Å². The van der Waals surface area contributed by atoms with Crippen molar-refractivity contribution in [3.63, 3.8) is 0 Å². The van der Waals surface area contributed by atoms with Gasteiger partial charge in [-0.2, -0.15) is 0 Å². The number of piperazine rings is 1. The summed E-state index contributed by atoms with van der Waals surface area (Å²) < 4.78 is 0. The average Bonchev–Trinajstić information content (AvgIpc) is 2.60. The summed E-state index contributed by atoms with van der Waals surface area (Å²) in [7, 11) is 2.15. The average molecular weight is 255 g/mol. The fraction of sp³-hybridized carbons (Fsp3) is 0.750. The molecule has 1 aliphatic rings. The van der Waals surface area contributed by atoms with E-state index in [2.05, 4.69) is 28.8 Å². The molecule has 1 N–H and O–H groups in total. The van der Waals surface area contributed by atoms with E-state index in [0.717, 1.165) is 35.3 Å². The summed E-state index contributed by atoms with van der Waals surface area (Å²) in [5.74, 6) is 0. The molecule has 2 heterocycles. The van der Waals surface area contributed by atoms with Gasteiger partial charge in [0.1, 0.15) is 0 Å². The smallest absolute Gasteiger partial charge is 0.186 e. The maximum absolute atomic E-state index is 9.67. The van der Waals surface area contributed by atoms with Crippen LogP contribution >= 0.6 is 11.3 Å². The van der Waals surface area contributed by atoms with Crippen LogP contribution in [0.15, 0.2) is 0 Å².